The van der Waals surface area contributed by atoms with Gasteiger partial charge in [-0.05, 0) is 56.5 Å². The molecule has 1 N–H and O–H groups in total. The van der Waals surface area contributed by atoms with Gasteiger partial charge in [-0.25, -0.2) is 4.98 Å². The average Bonchev–Trinajstić information content (AvgIpc) is 2.79. The van der Waals surface area contributed by atoms with E-state index in [1.807, 2.05) is 30.3 Å². The number of likely N-dealkylation sites (tertiary alicyclic amines) is 1. The fraction of sp³-hybridized carbons (Fsp3) is 0.500. The van der Waals surface area contributed by atoms with Crippen molar-refractivity contribution in [3.8, 4) is 0 Å². The van der Waals surface area contributed by atoms with Gasteiger partial charge in [-0.2, -0.15) is 0 Å². The largest absolute Gasteiger partial charge is 0.355 e. The summed E-state index contributed by atoms with van der Waals surface area (Å²) < 4.78 is 0. The van der Waals surface area contributed by atoms with Gasteiger partial charge in [0.2, 0.25) is 5.91 Å². The maximum Gasteiger partial charge on any atom is 0.224 e. The number of piperidine rings is 2. The molecule has 1 atom stereocenters. The van der Waals surface area contributed by atoms with Crippen molar-refractivity contribution in [2.24, 2.45) is 5.92 Å². The van der Waals surface area contributed by atoms with Crippen molar-refractivity contribution in [3.05, 3.63) is 53.4 Å². The van der Waals surface area contributed by atoms with Crippen molar-refractivity contribution in [3.63, 3.8) is 0 Å². The van der Waals surface area contributed by atoms with Gasteiger partial charge in [-0.15, -0.1) is 0 Å². The molecule has 2 aromatic heterocycles. The minimum Gasteiger partial charge on any atom is -0.355 e. The van der Waals surface area contributed by atoms with Gasteiger partial charge < -0.3 is 10.2 Å². The Morgan fingerprint density at radius 3 is 2.66 bits per heavy atom. The maximum atomic E-state index is 12.7. The fourth-order valence-electron chi connectivity index (χ4n) is 4.43. The predicted molar refractivity (Wildman–Crippen MR) is 115 cm³/mol. The zero-order valence-electron chi connectivity index (χ0n) is 16.6. The standard InChI is InChI=1S/C22H28ClN5O/c23-20-7-3-11-25-21(20)27-13-8-19(9-14-27)28-12-4-5-17(16-28)22(29)26-15-18-6-1-2-10-24-18/h1-3,6-7,10-11,17,19H,4-5,8-9,12-16H2,(H,26,29). The molecule has 0 aliphatic carbocycles. The number of nitrogens with one attached hydrogen (secondary N) is 1. The molecule has 0 spiro atoms. The molecule has 4 rings (SSSR count). The fourth-order valence-corrected chi connectivity index (χ4v) is 4.67. The highest BCUT2D eigenvalue weighted by molar-refractivity contribution is 6.32. The third-order valence-electron chi connectivity index (χ3n) is 6.01. The minimum atomic E-state index is 0.0655. The van der Waals surface area contributed by atoms with Crippen LogP contribution in [0.4, 0.5) is 5.82 Å². The first-order chi connectivity index (χ1) is 14.2. The molecular weight excluding hydrogens is 386 g/mol. The van der Waals surface area contributed by atoms with Crippen molar-refractivity contribution >= 4 is 23.3 Å². The quantitative estimate of drug-likeness (QED) is 0.815. The second-order valence-electron chi connectivity index (χ2n) is 7.90. The Morgan fingerprint density at radius 2 is 1.90 bits per heavy atom. The third kappa shape index (κ3) is 5.06. The van der Waals surface area contributed by atoms with Crippen LogP contribution >= 0.6 is 11.6 Å². The molecule has 1 unspecified atom stereocenters. The number of halogens is 1. The Hall–Kier alpha value is -2.18. The molecule has 29 heavy (non-hydrogen) atoms. The predicted octanol–water partition coefficient (Wildman–Crippen LogP) is 3.13. The minimum absolute atomic E-state index is 0.0655. The zero-order chi connectivity index (χ0) is 20.1. The summed E-state index contributed by atoms with van der Waals surface area (Å²) in [4.78, 5) is 26.2. The van der Waals surface area contributed by atoms with Crippen LogP contribution in [-0.2, 0) is 11.3 Å². The van der Waals surface area contributed by atoms with Crippen molar-refractivity contribution < 1.29 is 4.79 Å². The molecule has 2 aromatic rings. The highest BCUT2D eigenvalue weighted by Gasteiger charge is 2.32. The summed E-state index contributed by atoms with van der Waals surface area (Å²) in [5.74, 6) is 1.10. The van der Waals surface area contributed by atoms with Crippen LogP contribution in [0.5, 0.6) is 0 Å². The molecule has 2 fully saturated rings. The molecule has 0 saturated carbocycles. The molecule has 154 valence electrons. The smallest absolute Gasteiger partial charge is 0.224 e. The van der Waals surface area contributed by atoms with E-state index >= 15 is 0 Å². The van der Waals surface area contributed by atoms with Crippen molar-refractivity contribution in [1.29, 1.82) is 0 Å². The number of pyridine rings is 2. The van der Waals surface area contributed by atoms with Crippen LogP contribution in [0.3, 0.4) is 0 Å². The number of rotatable bonds is 5. The molecule has 2 aliphatic rings. The average molecular weight is 414 g/mol. The molecule has 2 saturated heterocycles. The number of hydrogen-bond donors (Lipinski definition) is 1. The van der Waals surface area contributed by atoms with E-state index < -0.39 is 0 Å². The number of carbonyl (C=O) groups excluding carboxylic acids is 1. The van der Waals surface area contributed by atoms with Crippen LogP contribution in [0.25, 0.3) is 0 Å². The summed E-state index contributed by atoms with van der Waals surface area (Å²) in [5, 5.41) is 3.78. The third-order valence-corrected chi connectivity index (χ3v) is 6.31. The Morgan fingerprint density at radius 1 is 1.07 bits per heavy atom. The van der Waals surface area contributed by atoms with E-state index in [9.17, 15) is 4.79 Å². The Bertz CT molecular complexity index is 810. The van der Waals surface area contributed by atoms with Gasteiger partial charge in [-0.3, -0.25) is 14.7 Å². The molecule has 2 aliphatic heterocycles. The highest BCUT2D eigenvalue weighted by Crippen LogP contribution is 2.28. The Labute approximate surface area is 177 Å². The van der Waals surface area contributed by atoms with Crippen molar-refractivity contribution in [2.75, 3.05) is 31.1 Å². The van der Waals surface area contributed by atoms with E-state index in [-0.39, 0.29) is 11.8 Å². The first-order valence-corrected chi connectivity index (χ1v) is 10.9. The van der Waals surface area contributed by atoms with Gasteiger partial charge in [0.1, 0.15) is 5.82 Å². The van der Waals surface area contributed by atoms with Crippen molar-refractivity contribution in [1.82, 2.24) is 20.2 Å². The number of amides is 1. The van der Waals surface area contributed by atoms with Gasteiger partial charge in [0.25, 0.3) is 0 Å². The molecule has 1 amide bonds. The van der Waals surface area contributed by atoms with Gasteiger partial charge in [0, 0.05) is 38.1 Å². The number of nitrogens with zero attached hydrogens (tertiary/aromatic N) is 4. The topological polar surface area (TPSA) is 61.4 Å². The number of aromatic nitrogens is 2. The molecule has 6 nitrogen and oxygen atoms in total. The summed E-state index contributed by atoms with van der Waals surface area (Å²) in [6, 6.07) is 10.1. The van der Waals surface area contributed by atoms with Gasteiger partial charge in [0.05, 0.1) is 23.2 Å². The number of anilines is 1. The van der Waals surface area contributed by atoms with E-state index in [1.165, 1.54) is 0 Å². The normalized spacial score (nSPS) is 21.1. The van der Waals surface area contributed by atoms with Crippen LogP contribution in [0, 0.1) is 5.92 Å². The number of hydrogen-bond acceptors (Lipinski definition) is 5. The van der Waals surface area contributed by atoms with Gasteiger partial charge >= 0.3 is 0 Å². The summed E-state index contributed by atoms with van der Waals surface area (Å²) in [5.41, 5.74) is 0.897. The second-order valence-corrected chi connectivity index (χ2v) is 8.31. The van der Waals surface area contributed by atoms with Gasteiger partial charge in [-0.1, -0.05) is 17.7 Å². The summed E-state index contributed by atoms with van der Waals surface area (Å²) in [6.45, 7) is 4.34. The molecule has 0 aromatic carbocycles. The first kappa shape index (κ1) is 20.1. The zero-order valence-corrected chi connectivity index (χ0v) is 17.4. The number of carbonyl (C=O) groups is 1. The Balaban J connectivity index is 1.28. The lowest BCUT2D eigenvalue weighted by atomic mass is 9.93. The highest BCUT2D eigenvalue weighted by atomic mass is 35.5. The van der Waals surface area contributed by atoms with Crippen LogP contribution < -0.4 is 10.2 Å². The lowest BCUT2D eigenvalue weighted by Gasteiger charge is -2.42. The van der Waals surface area contributed by atoms with Crippen LogP contribution in [0.2, 0.25) is 5.02 Å². The van der Waals surface area contributed by atoms with Crippen LogP contribution in [0.15, 0.2) is 42.7 Å². The SMILES string of the molecule is O=C(NCc1ccccn1)C1CCCN(C2CCN(c3ncccc3Cl)CC2)C1. The Kier molecular flexibility index (Phi) is 6.62. The van der Waals surface area contributed by atoms with E-state index in [4.69, 9.17) is 11.6 Å². The van der Waals surface area contributed by atoms with Crippen LogP contribution in [0.1, 0.15) is 31.4 Å². The van der Waals surface area contributed by atoms with Crippen LogP contribution in [-0.4, -0.2) is 53.0 Å². The molecular formula is C22H28ClN5O. The lowest BCUT2D eigenvalue weighted by molar-refractivity contribution is -0.127. The van der Waals surface area contributed by atoms with E-state index in [0.29, 0.717) is 17.6 Å². The lowest BCUT2D eigenvalue weighted by Crippen LogP contribution is -2.51. The van der Waals surface area contributed by atoms with E-state index in [1.54, 1.807) is 12.4 Å². The van der Waals surface area contributed by atoms with Crippen molar-refractivity contribution in [2.45, 2.75) is 38.3 Å². The van der Waals surface area contributed by atoms with E-state index in [0.717, 1.165) is 63.4 Å². The monoisotopic (exact) mass is 413 g/mol. The molecule has 0 bridgehead atoms. The summed E-state index contributed by atoms with van der Waals surface area (Å²) in [7, 11) is 0. The molecule has 0 radical (unpaired) electrons. The molecule has 7 heteroatoms. The maximum absolute atomic E-state index is 12.7. The summed E-state index contributed by atoms with van der Waals surface area (Å²) in [6.07, 6.45) is 7.76. The molecule has 4 heterocycles. The second kappa shape index (κ2) is 9.55. The van der Waals surface area contributed by atoms with Gasteiger partial charge in [0.15, 0.2) is 0 Å². The summed E-state index contributed by atoms with van der Waals surface area (Å²) >= 11 is 6.31. The first-order valence-electron chi connectivity index (χ1n) is 10.5. The van der Waals surface area contributed by atoms with E-state index in [2.05, 4.69) is 25.1 Å².